The topological polar surface area (TPSA) is 12.4 Å². The monoisotopic (exact) mass is 177 g/mol. The van der Waals surface area contributed by atoms with Gasteiger partial charge in [-0.15, -0.1) is 0 Å². The first-order valence-corrected chi connectivity index (χ1v) is 3.41. The van der Waals surface area contributed by atoms with Crippen LogP contribution in [0.3, 0.4) is 0 Å². The van der Waals surface area contributed by atoms with Crippen molar-refractivity contribution in [2.24, 2.45) is 4.99 Å². The van der Waals surface area contributed by atoms with Crippen LogP contribution >= 0.6 is 0 Å². The number of halogens is 3. The van der Waals surface area contributed by atoms with E-state index in [0.717, 1.165) is 12.3 Å². The molecule has 0 aromatic carbocycles. The molecule has 0 heterocycles. The molecule has 0 atom stereocenters. The van der Waals surface area contributed by atoms with Crippen LogP contribution in [-0.4, -0.2) is 12.4 Å². The van der Waals surface area contributed by atoms with E-state index < -0.39 is 11.9 Å². The highest BCUT2D eigenvalue weighted by Gasteiger charge is 2.32. The molecule has 0 amide bonds. The molecule has 0 radical (unpaired) electrons. The fourth-order valence-corrected chi connectivity index (χ4v) is 0.537. The first-order valence-electron chi connectivity index (χ1n) is 3.41. The fourth-order valence-electron chi connectivity index (χ4n) is 0.537. The van der Waals surface area contributed by atoms with E-state index in [0.29, 0.717) is 0 Å². The summed E-state index contributed by atoms with van der Waals surface area (Å²) in [4.78, 5) is 3.19. The van der Waals surface area contributed by atoms with Gasteiger partial charge in [-0.1, -0.05) is 12.2 Å². The molecule has 0 aromatic heterocycles. The van der Waals surface area contributed by atoms with Crippen molar-refractivity contribution in [3.8, 4) is 0 Å². The van der Waals surface area contributed by atoms with Crippen LogP contribution in [0, 0.1) is 0 Å². The quantitative estimate of drug-likeness (QED) is 0.454. The van der Waals surface area contributed by atoms with Crippen LogP contribution in [0.5, 0.6) is 0 Å². The Balaban J connectivity index is 4.67. The van der Waals surface area contributed by atoms with Crippen LogP contribution in [0.15, 0.2) is 28.9 Å². The largest absolute Gasteiger partial charge is 0.433 e. The van der Waals surface area contributed by atoms with Crippen molar-refractivity contribution in [2.45, 2.75) is 20.0 Å². The van der Waals surface area contributed by atoms with E-state index in [1.54, 1.807) is 6.92 Å². The summed E-state index contributed by atoms with van der Waals surface area (Å²) >= 11 is 0. The second kappa shape index (κ2) is 4.74. The Labute approximate surface area is 69.3 Å². The fraction of sp³-hybridized carbons (Fsp3) is 0.375. The number of allylic oxidation sites excluding steroid dienone is 4. The third-order valence-electron chi connectivity index (χ3n) is 1.01. The summed E-state index contributed by atoms with van der Waals surface area (Å²) in [7, 11) is 0. The van der Waals surface area contributed by atoms with Gasteiger partial charge in [0.15, 0.2) is 0 Å². The highest BCUT2D eigenvalue weighted by molar-refractivity contribution is 5.55. The maximum absolute atomic E-state index is 12.0. The van der Waals surface area contributed by atoms with Crippen molar-refractivity contribution in [2.75, 3.05) is 0 Å². The van der Waals surface area contributed by atoms with Gasteiger partial charge >= 0.3 is 6.18 Å². The van der Waals surface area contributed by atoms with Crippen molar-refractivity contribution >= 4 is 6.21 Å². The zero-order valence-corrected chi connectivity index (χ0v) is 6.89. The van der Waals surface area contributed by atoms with Gasteiger partial charge < -0.3 is 0 Å². The molecule has 0 saturated carbocycles. The molecule has 0 spiro atoms. The third kappa shape index (κ3) is 3.95. The first kappa shape index (κ1) is 10.9. The van der Waals surface area contributed by atoms with Gasteiger partial charge in [0.05, 0.1) is 0 Å². The maximum atomic E-state index is 12.0. The molecule has 0 aromatic rings. The van der Waals surface area contributed by atoms with Crippen molar-refractivity contribution in [1.29, 1.82) is 0 Å². The highest BCUT2D eigenvalue weighted by atomic mass is 19.4. The van der Waals surface area contributed by atoms with Crippen molar-refractivity contribution < 1.29 is 13.2 Å². The van der Waals surface area contributed by atoms with Crippen LogP contribution in [-0.2, 0) is 0 Å². The Bertz CT molecular complexity index is 211. The molecule has 68 valence electrons. The number of hydrogen-bond donors (Lipinski definition) is 0. The summed E-state index contributed by atoms with van der Waals surface area (Å²) in [6, 6.07) is 0. The van der Waals surface area contributed by atoms with E-state index in [2.05, 4.69) is 4.99 Å². The zero-order chi connectivity index (χ0) is 9.61. The number of hydrogen-bond acceptors (Lipinski definition) is 1. The summed E-state index contributed by atoms with van der Waals surface area (Å²) < 4.78 is 36.0. The Hall–Kier alpha value is -1.06. The molecule has 12 heavy (non-hydrogen) atoms. The maximum Gasteiger partial charge on any atom is 0.433 e. The Morgan fingerprint density at radius 2 is 1.83 bits per heavy atom. The average Bonchev–Trinajstić information content (AvgIpc) is 1.95. The molecule has 0 N–H and O–H groups in total. The van der Waals surface area contributed by atoms with Gasteiger partial charge in [0.2, 0.25) is 0 Å². The lowest BCUT2D eigenvalue weighted by atomic mass is 10.3. The lowest BCUT2D eigenvalue weighted by Crippen LogP contribution is -2.09. The summed E-state index contributed by atoms with van der Waals surface area (Å²) in [6.07, 6.45) is 0.488. The van der Waals surface area contributed by atoms with Gasteiger partial charge in [0.25, 0.3) is 0 Å². The molecule has 0 aliphatic heterocycles. The van der Waals surface area contributed by atoms with Crippen LogP contribution in [0.25, 0.3) is 0 Å². The van der Waals surface area contributed by atoms with Crippen LogP contribution in [0.1, 0.15) is 13.8 Å². The molecule has 1 nitrogen and oxygen atoms in total. The van der Waals surface area contributed by atoms with Crippen LogP contribution in [0.4, 0.5) is 13.2 Å². The van der Waals surface area contributed by atoms with Gasteiger partial charge in [-0.25, -0.2) is 0 Å². The minimum absolute atomic E-state index is 0.886. The summed E-state index contributed by atoms with van der Waals surface area (Å²) in [5.41, 5.74) is -0.886. The minimum atomic E-state index is -4.37. The van der Waals surface area contributed by atoms with Crippen molar-refractivity contribution in [1.82, 2.24) is 0 Å². The molecule has 0 fully saturated rings. The second-order valence-corrected chi connectivity index (χ2v) is 1.96. The Morgan fingerprint density at radius 1 is 1.25 bits per heavy atom. The van der Waals surface area contributed by atoms with E-state index in [9.17, 15) is 13.2 Å². The number of aliphatic imine (C=N–C) groups is 1. The lowest BCUT2D eigenvalue weighted by Gasteiger charge is -2.04. The molecule has 0 aliphatic carbocycles. The molecule has 0 unspecified atom stereocenters. The molecule has 0 rings (SSSR count). The SMILES string of the molecule is CC=N/C(=C\C=C/C)C(F)(F)F. The van der Waals surface area contributed by atoms with Crippen molar-refractivity contribution in [3.05, 3.63) is 23.9 Å². The minimum Gasteiger partial charge on any atom is -0.256 e. The molecular weight excluding hydrogens is 167 g/mol. The smallest absolute Gasteiger partial charge is 0.256 e. The van der Waals surface area contributed by atoms with Crippen LogP contribution in [0.2, 0.25) is 0 Å². The summed E-state index contributed by atoms with van der Waals surface area (Å²) in [5.74, 6) is 0. The van der Waals surface area contributed by atoms with E-state index in [-0.39, 0.29) is 0 Å². The average molecular weight is 177 g/mol. The van der Waals surface area contributed by atoms with Gasteiger partial charge in [-0.2, -0.15) is 13.2 Å². The first-order chi connectivity index (χ1) is 5.52. The highest BCUT2D eigenvalue weighted by Crippen LogP contribution is 2.26. The van der Waals surface area contributed by atoms with E-state index >= 15 is 0 Å². The molecule has 0 saturated heterocycles. The number of nitrogens with zero attached hydrogens (tertiary/aromatic N) is 1. The van der Waals surface area contributed by atoms with E-state index in [1.165, 1.54) is 19.1 Å². The molecular formula is C8H10F3N. The Morgan fingerprint density at radius 3 is 2.17 bits per heavy atom. The van der Waals surface area contributed by atoms with Crippen molar-refractivity contribution in [3.63, 3.8) is 0 Å². The third-order valence-corrected chi connectivity index (χ3v) is 1.01. The van der Waals surface area contributed by atoms with Crippen LogP contribution < -0.4 is 0 Å². The van der Waals surface area contributed by atoms with E-state index in [1.807, 2.05) is 0 Å². The molecule has 0 aliphatic rings. The zero-order valence-electron chi connectivity index (χ0n) is 6.89. The lowest BCUT2D eigenvalue weighted by molar-refractivity contribution is -0.0922. The second-order valence-electron chi connectivity index (χ2n) is 1.96. The summed E-state index contributed by atoms with van der Waals surface area (Å²) in [5, 5.41) is 0. The van der Waals surface area contributed by atoms with E-state index in [4.69, 9.17) is 0 Å². The standard InChI is InChI=1S/C8H10F3N/c1-3-5-6-7(12-4-2)8(9,10)11/h3-6H,1-2H3/b5-3-,7-6-,12-4?. The molecule has 4 heteroatoms. The molecule has 0 bridgehead atoms. The normalized spacial score (nSPS) is 14.9. The van der Waals surface area contributed by atoms with Gasteiger partial charge in [0.1, 0.15) is 5.70 Å². The summed E-state index contributed by atoms with van der Waals surface area (Å²) in [6.45, 7) is 3.08. The van der Waals surface area contributed by atoms with Gasteiger partial charge in [-0.3, -0.25) is 4.99 Å². The Kier molecular flexibility index (Phi) is 4.33. The van der Waals surface area contributed by atoms with Gasteiger partial charge in [-0.05, 0) is 19.9 Å². The number of rotatable bonds is 2. The predicted molar refractivity (Wildman–Crippen MR) is 43.1 cm³/mol. The number of alkyl halides is 3. The predicted octanol–water partition coefficient (Wildman–Crippen LogP) is 3.10. The van der Waals surface area contributed by atoms with Gasteiger partial charge in [0, 0.05) is 6.21 Å².